The molecule has 2 heterocycles. The maximum Gasteiger partial charge on any atom is 0.255 e. The third kappa shape index (κ3) is 6.61. The number of halogens is 2. The van der Waals surface area contributed by atoms with Gasteiger partial charge in [0.1, 0.15) is 12.6 Å². The third-order valence-electron chi connectivity index (χ3n) is 6.52. The first-order chi connectivity index (χ1) is 20.4. The number of carbonyl (C=O) groups excluding carboxylic acids is 1. The molecule has 4 aromatic rings. The van der Waals surface area contributed by atoms with Crippen LogP contribution in [0, 0.1) is 0 Å². The van der Waals surface area contributed by atoms with Gasteiger partial charge in [0.25, 0.3) is 5.91 Å². The van der Waals surface area contributed by atoms with Gasteiger partial charge in [0, 0.05) is 27.7 Å². The molecule has 0 aliphatic carbocycles. The SMILES string of the molecule is CCCSc1nc2n(n1)C(c1cc(Br)c(OCc3ccccc3Cl)c(OCC)c1)C(C(=O)Nc1ccccc1)=C(C)N2. The average molecular weight is 669 g/mol. The minimum Gasteiger partial charge on any atom is -0.490 e. The normalized spacial score (nSPS) is 14.3. The van der Waals surface area contributed by atoms with Gasteiger partial charge in [-0.15, -0.1) is 5.10 Å². The van der Waals surface area contributed by atoms with Crippen LogP contribution in [-0.4, -0.2) is 33.0 Å². The van der Waals surface area contributed by atoms with Gasteiger partial charge in [-0.05, 0) is 72.1 Å². The van der Waals surface area contributed by atoms with Crippen molar-refractivity contribution in [1.82, 2.24) is 14.8 Å². The minimum absolute atomic E-state index is 0.242. The second kappa shape index (κ2) is 13.7. The van der Waals surface area contributed by atoms with Gasteiger partial charge >= 0.3 is 0 Å². The first-order valence-electron chi connectivity index (χ1n) is 13.7. The van der Waals surface area contributed by atoms with Crippen LogP contribution in [0.5, 0.6) is 11.5 Å². The maximum absolute atomic E-state index is 13.8. The molecular formula is C31H31BrClN5O3S. The molecule has 1 unspecified atom stereocenters. The molecule has 218 valence electrons. The van der Waals surface area contributed by atoms with Gasteiger partial charge in [0.2, 0.25) is 11.1 Å². The van der Waals surface area contributed by atoms with Gasteiger partial charge in [0.15, 0.2) is 11.5 Å². The topological polar surface area (TPSA) is 90.3 Å². The molecule has 1 atom stereocenters. The van der Waals surface area contributed by atoms with Crippen molar-refractivity contribution in [3.05, 3.63) is 98.6 Å². The van der Waals surface area contributed by atoms with Crippen LogP contribution in [0.25, 0.3) is 0 Å². The highest BCUT2D eigenvalue weighted by molar-refractivity contribution is 9.10. The molecule has 1 aromatic heterocycles. The number of carbonyl (C=O) groups is 1. The predicted octanol–water partition coefficient (Wildman–Crippen LogP) is 8.10. The number of allylic oxidation sites excluding steroid dienone is 1. The summed E-state index contributed by atoms with van der Waals surface area (Å²) in [6, 6.07) is 20.2. The van der Waals surface area contributed by atoms with Crippen LogP contribution in [-0.2, 0) is 11.4 Å². The van der Waals surface area contributed by atoms with Gasteiger partial charge in [-0.2, -0.15) is 4.98 Å². The van der Waals surface area contributed by atoms with Crippen molar-refractivity contribution in [2.45, 2.75) is 45.0 Å². The molecule has 0 radical (unpaired) electrons. The Morgan fingerprint density at radius 3 is 2.62 bits per heavy atom. The van der Waals surface area contributed by atoms with E-state index >= 15 is 0 Å². The Labute approximate surface area is 263 Å². The molecule has 2 N–H and O–H groups in total. The lowest BCUT2D eigenvalue weighted by atomic mass is 9.94. The van der Waals surface area contributed by atoms with Crippen molar-refractivity contribution < 1.29 is 14.3 Å². The summed E-state index contributed by atoms with van der Waals surface area (Å²) >= 11 is 11.7. The van der Waals surface area contributed by atoms with Crippen molar-refractivity contribution in [2.75, 3.05) is 23.0 Å². The van der Waals surface area contributed by atoms with Gasteiger partial charge in [-0.3, -0.25) is 4.79 Å². The zero-order chi connectivity index (χ0) is 29.6. The largest absolute Gasteiger partial charge is 0.490 e. The first-order valence-corrected chi connectivity index (χ1v) is 15.8. The molecule has 0 fully saturated rings. The Kier molecular flexibility index (Phi) is 9.76. The Balaban J connectivity index is 1.57. The molecule has 0 saturated carbocycles. The van der Waals surface area contributed by atoms with E-state index in [4.69, 9.17) is 31.2 Å². The van der Waals surface area contributed by atoms with E-state index in [1.165, 1.54) is 0 Å². The van der Waals surface area contributed by atoms with Crippen LogP contribution >= 0.6 is 39.3 Å². The predicted molar refractivity (Wildman–Crippen MR) is 172 cm³/mol. The molecule has 1 amide bonds. The second-order valence-electron chi connectivity index (χ2n) is 9.54. The highest BCUT2D eigenvalue weighted by Gasteiger charge is 2.35. The van der Waals surface area contributed by atoms with Crippen molar-refractivity contribution in [2.24, 2.45) is 0 Å². The van der Waals surface area contributed by atoms with Gasteiger partial charge in [0.05, 0.1) is 16.7 Å². The molecule has 1 aliphatic heterocycles. The molecule has 0 saturated heterocycles. The van der Waals surface area contributed by atoms with Crippen LogP contribution in [0.1, 0.15) is 44.4 Å². The quantitative estimate of drug-likeness (QED) is 0.156. The number of fused-ring (bicyclic) bond motifs is 1. The lowest BCUT2D eigenvalue weighted by molar-refractivity contribution is -0.113. The number of nitrogens with zero attached hydrogens (tertiary/aromatic N) is 3. The zero-order valence-corrected chi connectivity index (χ0v) is 26.6. The Bertz CT molecular complexity index is 1610. The van der Waals surface area contributed by atoms with Gasteiger partial charge in [-0.25, -0.2) is 4.68 Å². The summed E-state index contributed by atoms with van der Waals surface area (Å²) in [6.45, 7) is 6.60. The summed E-state index contributed by atoms with van der Waals surface area (Å²) in [5, 5.41) is 12.4. The molecule has 1 aliphatic rings. The maximum atomic E-state index is 13.8. The summed E-state index contributed by atoms with van der Waals surface area (Å²) in [7, 11) is 0. The van der Waals surface area contributed by atoms with Crippen LogP contribution in [0.3, 0.4) is 0 Å². The molecule has 0 bridgehead atoms. The zero-order valence-electron chi connectivity index (χ0n) is 23.5. The van der Waals surface area contributed by atoms with Gasteiger partial charge in [-0.1, -0.05) is 66.7 Å². The molecule has 0 spiro atoms. The number of hydrogen-bond donors (Lipinski definition) is 2. The second-order valence-corrected chi connectivity index (χ2v) is 11.9. The smallest absolute Gasteiger partial charge is 0.255 e. The molecular weight excluding hydrogens is 638 g/mol. The van der Waals surface area contributed by atoms with Crippen molar-refractivity contribution >= 4 is 56.8 Å². The first kappa shape index (κ1) is 30.0. The van der Waals surface area contributed by atoms with Crippen molar-refractivity contribution in [3.63, 3.8) is 0 Å². The fraction of sp³-hybridized carbons (Fsp3) is 0.258. The Morgan fingerprint density at radius 2 is 1.88 bits per heavy atom. The van der Waals surface area contributed by atoms with Gasteiger partial charge < -0.3 is 20.1 Å². The van der Waals surface area contributed by atoms with Crippen LogP contribution < -0.4 is 20.1 Å². The van der Waals surface area contributed by atoms with Crippen LogP contribution in [0.2, 0.25) is 5.02 Å². The van der Waals surface area contributed by atoms with E-state index in [0.717, 1.165) is 23.3 Å². The monoisotopic (exact) mass is 667 g/mol. The van der Waals surface area contributed by atoms with Crippen LogP contribution in [0.4, 0.5) is 11.6 Å². The standard InChI is InChI=1S/C31H31BrClN5O3S/c1-4-15-42-31-36-30-34-19(3)26(29(39)35-22-12-7-6-8-13-22)27(38(30)37-31)21-16-23(32)28(25(17-21)40-5-2)41-18-20-11-9-10-14-24(20)33/h6-14,16-17,27H,4-5,15,18H2,1-3H3,(H,35,39)(H,34,36,37). The number of nitrogens with one attached hydrogen (secondary N) is 2. The van der Waals surface area contributed by atoms with Crippen molar-refractivity contribution in [3.8, 4) is 11.5 Å². The summed E-state index contributed by atoms with van der Waals surface area (Å²) in [4.78, 5) is 18.6. The molecule has 5 rings (SSSR count). The van der Waals surface area contributed by atoms with E-state index in [9.17, 15) is 4.79 Å². The molecule has 11 heteroatoms. The number of ether oxygens (including phenoxy) is 2. The lowest BCUT2D eigenvalue weighted by Gasteiger charge is -2.29. The highest BCUT2D eigenvalue weighted by Crippen LogP contribution is 2.44. The van der Waals surface area contributed by atoms with E-state index in [2.05, 4.69) is 33.5 Å². The highest BCUT2D eigenvalue weighted by atomic mass is 79.9. The van der Waals surface area contributed by atoms with Crippen molar-refractivity contribution in [1.29, 1.82) is 0 Å². The molecule has 3 aromatic carbocycles. The van der Waals surface area contributed by atoms with E-state index in [-0.39, 0.29) is 12.5 Å². The number of benzene rings is 3. The van der Waals surface area contributed by atoms with E-state index < -0.39 is 6.04 Å². The Morgan fingerprint density at radius 1 is 1.12 bits per heavy atom. The summed E-state index contributed by atoms with van der Waals surface area (Å²) < 4.78 is 14.7. The number of anilines is 2. The number of amides is 1. The molecule has 42 heavy (non-hydrogen) atoms. The van der Waals surface area contributed by atoms with E-state index in [1.807, 2.05) is 80.6 Å². The summed E-state index contributed by atoms with van der Waals surface area (Å²) in [5.41, 5.74) is 3.55. The molecule has 8 nitrogen and oxygen atoms in total. The lowest BCUT2D eigenvalue weighted by Crippen LogP contribution is -2.31. The van der Waals surface area contributed by atoms with E-state index in [0.29, 0.717) is 55.7 Å². The summed E-state index contributed by atoms with van der Waals surface area (Å²) in [6.07, 6.45) is 0.994. The third-order valence-corrected chi connectivity index (χ3v) is 8.52. The number of aromatic nitrogens is 3. The van der Waals surface area contributed by atoms with E-state index in [1.54, 1.807) is 16.4 Å². The Hall–Kier alpha value is -3.47. The summed E-state index contributed by atoms with van der Waals surface area (Å²) in [5.74, 6) is 2.30. The fourth-order valence-corrected chi connectivity index (χ4v) is 6.07. The number of hydrogen-bond acceptors (Lipinski definition) is 7. The number of thioether (sulfide) groups is 1. The fourth-order valence-electron chi connectivity index (χ4n) is 4.62. The number of rotatable bonds is 11. The minimum atomic E-state index is -0.582. The number of para-hydroxylation sites is 1. The average Bonchev–Trinajstić information content (AvgIpc) is 3.38. The van der Waals surface area contributed by atoms with Crippen LogP contribution in [0.15, 0.2) is 87.6 Å².